The summed E-state index contributed by atoms with van der Waals surface area (Å²) in [6.07, 6.45) is 1.13. The number of thiophene rings is 1. The Bertz CT molecular complexity index is 247. The van der Waals surface area contributed by atoms with Crippen LogP contribution >= 0.6 is 11.3 Å². The van der Waals surface area contributed by atoms with Crippen molar-refractivity contribution in [2.45, 2.75) is 12.3 Å². The first-order valence-electron chi connectivity index (χ1n) is 4.75. The molecule has 0 radical (unpaired) electrons. The van der Waals surface area contributed by atoms with E-state index in [2.05, 4.69) is 22.8 Å². The van der Waals surface area contributed by atoms with E-state index in [1.807, 2.05) is 11.3 Å². The Morgan fingerprint density at radius 3 is 3.15 bits per heavy atom. The summed E-state index contributed by atoms with van der Waals surface area (Å²) < 4.78 is 0. The molecule has 3 heteroatoms. The van der Waals surface area contributed by atoms with Crippen molar-refractivity contribution in [3.8, 4) is 0 Å². The van der Waals surface area contributed by atoms with Gasteiger partial charge >= 0.3 is 0 Å². The lowest BCUT2D eigenvalue weighted by Crippen LogP contribution is -2.36. The molecule has 1 saturated heterocycles. The number of hydrogen-bond acceptors (Lipinski definition) is 3. The topological polar surface area (TPSA) is 32.3 Å². The number of aliphatic hydroxyl groups is 1. The summed E-state index contributed by atoms with van der Waals surface area (Å²) in [5, 5.41) is 14.6. The van der Waals surface area contributed by atoms with Gasteiger partial charge in [-0.3, -0.25) is 0 Å². The highest BCUT2D eigenvalue weighted by molar-refractivity contribution is 7.10. The predicted octanol–water partition coefficient (Wildman–Crippen LogP) is 1.43. The molecule has 2 atom stereocenters. The minimum Gasteiger partial charge on any atom is -0.396 e. The van der Waals surface area contributed by atoms with Gasteiger partial charge in [0.15, 0.2) is 0 Å². The van der Waals surface area contributed by atoms with Crippen molar-refractivity contribution in [3.63, 3.8) is 0 Å². The molecule has 2 heterocycles. The van der Waals surface area contributed by atoms with Gasteiger partial charge in [0.25, 0.3) is 0 Å². The average molecular weight is 197 g/mol. The molecule has 0 spiro atoms. The lowest BCUT2D eigenvalue weighted by molar-refractivity contribution is 0.190. The van der Waals surface area contributed by atoms with Crippen LogP contribution in [-0.4, -0.2) is 24.8 Å². The van der Waals surface area contributed by atoms with Crippen molar-refractivity contribution in [2.24, 2.45) is 5.92 Å². The Kier molecular flexibility index (Phi) is 2.98. The van der Waals surface area contributed by atoms with Gasteiger partial charge in [-0.25, -0.2) is 0 Å². The van der Waals surface area contributed by atoms with Crippen LogP contribution in [0.4, 0.5) is 0 Å². The van der Waals surface area contributed by atoms with E-state index in [1.54, 1.807) is 0 Å². The number of hydrogen-bond donors (Lipinski definition) is 2. The second-order valence-electron chi connectivity index (χ2n) is 3.65. The molecule has 2 rings (SSSR count). The maximum absolute atomic E-state index is 9.07. The van der Waals surface area contributed by atoms with Crippen molar-refractivity contribution in [1.29, 1.82) is 0 Å². The molecule has 1 aromatic heterocycles. The molecule has 1 fully saturated rings. The Morgan fingerprint density at radius 2 is 2.46 bits per heavy atom. The summed E-state index contributed by atoms with van der Waals surface area (Å²) in [6.45, 7) is 2.35. The molecule has 0 aromatic carbocycles. The summed E-state index contributed by atoms with van der Waals surface area (Å²) in [7, 11) is 0. The Hall–Kier alpha value is -0.380. The van der Waals surface area contributed by atoms with Gasteiger partial charge in [-0.05, 0) is 23.8 Å². The second kappa shape index (κ2) is 4.22. The fraction of sp³-hybridized carbons (Fsp3) is 0.600. The molecule has 0 saturated carbocycles. The number of aliphatic hydroxyl groups excluding tert-OH is 1. The first-order valence-corrected chi connectivity index (χ1v) is 5.63. The van der Waals surface area contributed by atoms with Crippen LogP contribution in [0.5, 0.6) is 0 Å². The SMILES string of the molecule is OCC1CNCC(c2cccs2)C1. The van der Waals surface area contributed by atoms with Crippen molar-refractivity contribution in [2.75, 3.05) is 19.7 Å². The molecule has 0 aliphatic carbocycles. The highest BCUT2D eigenvalue weighted by Crippen LogP contribution is 2.29. The Balaban J connectivity index is 2.00. The Morgan fingerprint density at radius 1 is 1.54 bits per heavy atom. The van der Waals surface area contributed by atoms with Crippen molar-refractivity contribution >= 4 is 11.3 Å². The summed E-state index contributed by atoms with van der Waals surface area (Å²) in [4.78, 5) is 1.45. The normalized spacial score (nSPS) is 29.0. The van der Waals surface area contributed by atoms with Crippen molar-refractivity contribution in [3.05, 3.63) is 22.4 Å². The molecule has 2 N–H and O–H groups in total. The van der Waals surface area contributed by atoms with E-state index in [9.17, 15) is 0 Å². The van der Waals surface area contributed by atoms with Gasteiger partial charge < -0.3 is 10.4 Å². The van der Waals surface area contributed by atoms with E-state index in [0.717, 1.165) is 19.5 Å². The van der Waals surface area contributed by atoms with Gasteiger partial charge in [-0.2, -0.15) is 0 Å². The molecular formula is C10H15NOS. The smallest absolute Gasteiger partial charge is 0.0471 e. The van der Waals surface area contributed by atoms with Crippen LogP contribution in [-0.2, 0) is 0 Å². The van der Waals surface area contributed by atoms with Crippen LogP contribution in [0.1, 0.15) is 17.2 Å². The minimum absolute atomic E-state index is 0.314. The van der Waals surface area contributed by atoms with Crippen molar-refractivity contribution in [1.82, 2.24) is 5.32 Å². The molecule has 1 aliphatic rings. The van der Waals surface area contributed by atoms with E-state index < -0.39 is 0 Å². The fourth-order valence-corrected chi connectivity index (χ4v) is 2.75. The third-order valence-electron chi connectivity index (χ3n) is 2.65. The largest absolute Gasteiger partial charge is 0.396 e. The van der Waals surface area contributed by atoms with Crippen LogP contribution in [0, 0.1) is 5.92 Å². The maximum atomic E-state index is 9.07. The molecule has 1 aliphatic heterocycles. The molecule has 13 heavy (non-hydrogen) atoms. The number of nitrogens with one attached hydrogen (secondary N) is 1. The Labute approximate surface area is 82.6 Å². The van der Waals surface area contributed by atoms with E-state index >= 15 is 0 Å². The van der Waals surface area contributed by atoms with Gasteiger partial charge in [0.05, 0.1) is 0 Å². The van der Waals surface area contributed by atoms with Crippen LogP contribution in [0.2, 0.25) is 0 Å². The molecule has 2 unspecified atom stereocenters. The lowest BCUT2D eigenvalue weighted by atomic mass is 9.90. The van der Waals surface area contributed by atoms with Crippen LogP contribution in [0.3, 0.4) is 0 Å². The quantitative estimate of drug-likeness (QED) is 0.752. The zero-order valence-electron chi connectivity index (χ0n) is 7.57. The van der Waals surface area contributed by atoms with E-state index in [-0.39, 0.29) is 0 Å². The van der Waals surface area contributed by atoms with E-state index in [0.29, 0.717) is 18.4 Å². The first-order chi connectivity index (χ1) is 6.40. The molecule has 72 valence electrons. The standard InChI is InChI=1S/C10H15NOS/c12-7-8-4-9(6-11-5-8)10-2-1-3-13-10/h1-3,8-9,11-12H,4-7H2. The highest BCUT2D eigenvalue weighted by Gasteiger charge is 2.22. The summed E-state index contributed by atoms with van der Waals surface area (Å²) in [5.41, 5.74) is 0. The van der Waals surface area contributed by atoms with Crippen LogP contribution < -0.4 is 5.32 Å². The molecule has 0 amide bonds. The fourth-order valence-electron chi connectivity index (χ4n) is 1.91. The zero-order valence-corrected chi connectivity index (χ0v) is 8.39. The molecule has 0 bridgehead atoms. The van der Waals surface area contributed by atoms with Gasteiger partial charge in [0.2, 0.25) is 0 Å². The number of rotatable bonds is 2. The summed E-state index contributed by atoms with van der Waals surface area (Å²) in [6, 6.07) is 4.29. The highest BCUT2D eigenvalue weighted by atomic mass is 32.1. The first kappa shape index (κ1) is 9.19. The lowest BCUT2D eigenvalue weighted by Gasteiger charge is -2.28. The van der Waals surface area contributed by atoms with Gasteiger partial charge in [-0.15, -0.1) is 11.3 Å². The third kappa shape index (κ3) is 2.10. The van der Waals surface area contributed by atoms with E-state index in [4.69, 9.17) is 5.11 Å². The molecular weight excluding hydrogens is 182 g/mol. The zero-order chi connectivity index (χ0) is 9.10. The van der Waals surface area contributed by atoms with Crippen molar-refractivity contribution < 1.29 is 5.11 Å². The van der Waals surface area contributed by atoms with Crippen LogP contribution in [0.25, 0.3) is 0 Å². The summed E-state index contributed by atoms with van der Waals surface area (Å²) in [5.74, 6) is 1.06. The van der Waals surface area contributed by atoms with Crippen LogP contribution in [0.15, 0.2) is 17.5 Å². The predicted molar refractivity (Wildman–Crippen MR) is 55.1 cm³/mol. The van der Waals surface area contributed by atoms with E-state index in [1.165, 1.54) is 4.88 Å². The minimum atomic E-state index is 0.314. The second-order valence-corrected chi connectivity index (χ2v) is 4.63. The van der Waals surface area contributed by atoms with Gasteiger partial charge in [-0.1, -0.05) is 6.07 Å². The molecule has 2 nitrogen and oxygen atoms in total. The monoisotopic (exact) mass is 197 g/mol. The summed E-state index contributed by atoms with van der Waals surface area (Å²) >= 11 is 1.82. The molecule has 1 aromatic rings. The maximum Gasteiger partial charge on any atom is 0.0471 e. The van der Waals surface area contributed by atoms with Gasteiger partial charge in [0.1, 0.15) is 0 Å². The third-order valence-corrected chi connectivity index (χ3v) is 3.68. The average Bonchev–Trinajstić information content (AvgIpc) is 2.71. The van der Waals surface area contributed by atoms with Gasteiger partial charge in [0, 0.05) is 30.5 Å². The number of piperidine rings is 1.